The van der Waals surface area contributed by atoms with Gasteiger partial charge in [-0.25, -0.2) is 4.98 Å². The second-order valence-corrected chi connectivity index (χ2v) is 4.85. The molecule has 1 atom stereocenters. The molecule has 1 heterocycles. The van der Waals surface area contributed by atoms with Crippen LogP contribution in [0.3, 0.4) is 0 Å². The Morgan fingerprint density at radius 2 is 2.12 bits per heavy atom. The lowest BCUT2D eigenvalue weighted by atomic mass is 10.2. The van der Waals surface area contributed by atoms with E-state index in [1.807, 2.05) is 31.3 Å². The predicted octanol–water partition coefficient (Wildman–Crippen LogP) is 3.26. The molecule has 0 aliphatic carbocycles. The number of methoxy groups -OCH3 is 1. The van der Waals surface area contributed by atoms with E-state index in [0.717, 1.165) is 11.7 Å². The van der Waals surface area contributed by atoms with Gasteiger partial charge in [-0.3, -0.25) is 0 Å². The van der Waals surface area contributed by atoms with E-state index in [2.05, 4.69) is 22.4 Å². The van der Waals surface area contributed by atoms with Crippen LogP contribution in [0.4, 0.5) is 5.13 Å². The van der Waals surface area contributed by atoms with E-state index in [9.17, 15) is 0 Å². The molecule has 0 radical (unpaired) electrons. The SMILES string of the molecule is COC(C)CNc1ncc(-c2ccccc2)s1. The fraction of sp³-hybridized carbons (Fsp3) is 0.308. The number of hydrogen-bond acceptors (Lipinski definition) is 4. The average Bonchev–Trinajstić information content (AvgIpc) is 2.86. The van der Waals surface area contributed by atoms with E-state index in [0.29, 0.717) is 0 Å². The first-order chi connectivity index (χ1) is 8.29. The summed E-state index contributed by atoms with van der Waals surface area (Å²) in [5.41, 5.74) is 1.21. The molecular formula is C13H16N2OS. The molecule has 2 rings (SSSR count). The summed E-state index contributed by atoms with van der Waals surface area (Å²) in [6, 6.07) is 10.3. The summed E-state index contributed by atoms with van der Waals surface area (Å²) in [5, 5.41) is 4.21. The van der Waals surface area contributed by atoms with Gasteiger partial charge in [-0.05, 0) is 12.5 Å². The third-order valence-corrected chi connectivity index (χ3v) is 3.51. The Kier molecular flexibility index (Phi) is 4.12. The Hall–Kier alpha value is -1.39. The second kappa shape index (κ2) is 5.80. The molecule has 90 valence electrons. The lowest BCUT2D eigenvalue weighted by molar-refractivity contribution is 0.129. The van der Waals surface area contributed by atoms with E-state index in [-0.39, 0.29) is 6.10 Å². The highest BCUT2D eigenvalue weighted by atomic mass is 32.1. The number of anilines is 1. The van der Waals surface area contributed by atoms with Crippen LogP contribution in [0.15, 0.2) is 36.5 Å². The van der Waals surface area contributed by atoms with Crippen LogP contribution in [0, 0.1) is 0 Å². The summed E-state index contributed by atoms with van der Waals surface area (Å²) in [6.07, 6.45) is 2.10. The molecule has 1 aromatic carbocycles. The highest BCUT2D eigenvalue weighted by Gasteiger charge is 2.05. The number of hydrogen-bond donors (Lipinski definition) is 1. The van der Waals surface area contributed by atoms with Crippen molar-refractivity contribution in [3.05, 3.63) is 36.5 Å². The van der Waals surface area contributed by atoms with Crippen LogP contribution in [-0.4, -0.2) is 24.7 Å². The highest BCUT2D eigenvalue weighted by molar-refractivity contribution is 7.18. The monoisotopic (exact) mass is 248 g/mol. The molecule has 0 aliphatic rings. The Bertz CT molecular complexity index is 455. The zero-order valence-electron chi connectivity index (χ0n) is 10.0. The van der Waals surface area contributed by atoms with Gasteiger partial charge >= 0.3 is 0 Å². The van der Waals surface area contributed by atoms with Crippen molar-refractivity contribution < 1.29 is 4.74 Å². The van der Waals surface area contributed by atoms with Crippen molar-refractivity contribution in [3.8, 4) is 10.4 Å². The van der Waals surface area contributed by atoms with Gasteiger partial charge in [0.2, 0.25) is 0 Å². The molecule has 1 unspecified atom stereocenters. The molecule has 1 aromatic heterocycles. The zero-order chi connectivity index (χ0) is 12.1. The Labute approximate surface area is 105 Å². The smallest absolute Gasteiger partial charge is 0.183 e. The fourth-order valence-corrected chi connectivity index (χ4v) is 2.23. The van der Waals surface area contributed by atoms with Crippen molar-refractivity contribution in [1.82, 2.24) is 4.98 Å². The van der Waals surface area contributed by atoms with Crippen LogP contribution < -0.4 is 5.32 Å². The fourth-order valence-electron chi connectivity index (χ4n) is 1.41. The molecule has 2 aromatic rings. The summed E-state index contributed by atoms with van der Waals surface area (Å²) in [5.74, 6) is 0. The van der Waals surface area contributed by atoms with Gasteiger partial charge in [-0.2, -0.15) is 0 Å². The molecular weight excluding hydrogens is 232 g/mol. The second-order valence-electron chi connectivity index (χ2n) is 3.82. The lowest BCUT2D eigenvalue weighted by Crippen LogP contribution is -2.17. The van der Waals surface area contributed by atoms with Crippen LogP contribution in [0.2, 0.25) is 0 Å². The molecule has 3 nitrogen and oxygen atoms in total. The summed E-state index contributed by atoms with van der Waals surface area (Å²) in [4.78, 5) is 5.53. The molecule has 1 N–H and O–H groups in total. The topological polar surface area (TPSA) is 34.1 Å². The van der Waals surface area contributed by atoms with Gasteiger partial charge in [0.05, 0.1) is 11.0 Å². The number of ether oxygens (including phenoxy) is 1. The van der Waals surface area contributed by atoms with Gasteiger partial charge in [0.1, 0.15) is 0 Å². The van der Waals surface area contributed by atoms with E-state index in [4.69, 9.17) is 4.74 Å². The van der Waals surface area contributed by atoms with Crippen LogP contribution in [0.1, 0.15) is 6.92 Å². The van der Waals surface area contributed by atoms with Gasteiger partial charge in [-0.1, -0.05) is 41.7 Å². The summed E-state index contributed by atoms with van der Waals surface area (Å²) >= 11 is 1.66. The van der Waals surface area contributed by atoms with Gasteiger partial charge in [-0.15, -0.1) is 0 Å². The van der Waals surface area contributed by atoms with Gasteiger partial charge in [0.15, 0.2) is 5.13 Å². The molecule has 0 spiro atoms. The maximum atomic E-state index is 5.18. The van der Waals surface area contributed by atoms with E-state index in [1.54, 1.807) is 18.4 Å². The van der Waals surface area contributed by atoms with Crippen molar-refractivity contribution in [2.75, 3.05) is 19.0 Å². The molecule has 0 saturated heterocycles. The number of nitrogens with zero attached hydrogens (tertiary/aromatic N) is 1. The first-order valence-electron chi connectivity index (χ1n) is 5.57. The van der Waals surface area contributed by atoms with E-state index < -0.39 is 0 Å². The first kappa shape index (κ1) is 12.1. The summed E-state index contributed by atoms with van der Waals surface area (Å²) in [6.45, 7) is 2.80. The highest BCUT2D eigenvalue weighted by Crippen LogP contribution is 2.28. The Morgan fingerprint density at radius 3 is 2.82 bits per heavy atom. The summed E-state index contributed by atoms with van der Waals surface area (Å²) in [7, 11) is 1.71. The minimum Gasteiger partial charge on any atom is -0.380 e. The predicted molar refractivity (Wildman–Crippen MR) is 72.5 cm³/mol. The third kappa shape index (κ3) is 3.28. The quantitative estimate of drug-likeness (QED) is 0.882. The zero-order valence-corrected chi connectivity index (χ0v) is 10.8. The number of aromatic nitrogens is 1. The van der Waals surface area contributed by atoms with Crippen molar-refractivity contribution >= 4 is 16.5 Å². The number of rotatable bonds is 5. The standard InChI is InChI=1S/C13H16N2OS/c1-10(16-2)8-14-13-15-9-12(17-13)11-6-4-3-5-7-11/h3-7,9-10H,8H2,1-2H3,(H,14,15). The minimum atomic E-state index is 0.194. The Morgan fingerprint density at radius 1 is 1.35 bits per heavy atom. The number of benzene rings is 1. The molecule has 0 fully saturated rings. The lowest BCUT2D eigenvalue weighted by Gasteiger charge is -2.08. The molecule has 0 aliphatic heterocycles. The minimum absolute atomic E-state index is 0.194. The molecule has 4 heteroatoms. The maximum absolute atomic E-state index is 5.18. The van der Waals surface area contributed by atoms with Crippen LogP contribution in [0.25, 0.3) is 10.4 Å². The first-order valence-corrected chi connectivity index (χ1v) is 6.39. The van der Waals surface area contributed by atoms with Crippen molar-refractivity contribution in [2.45, 2.75) is 13.0 Å². The van der Waals surface area contributed by atoms with Crippen molar-refractivity contribution in [3.63, 3.8) is 0 Å². The van der Waals surface area contributed by atoms with Crippen LogP contribution >= 0.6 is 11.3 Å². The normalized spacial score (nSPS) is 12.4. The van der Waals surface area contributed by atoms with Gasteiger partial charge in [0.25, 0.3) is 0 Å². The summed E-state index contributed by atoms with van der Waals surface area (Å²) < 4.78 is 5.18. The largest absolute Gasteiger partial charge is 0.380 e. The van der Waals surface area contributed by atoms with Crippen molar-refractivity contribution in [1.29, 1.82) is 0 Å². The molecule has 0 bridgehead atoms. The van der Waals surface area contributed by atoms with Crippen LogP contribution in [-0.2, 0) is 4.74 Å². The third-order valence-electron chi connectivity index (χ3n) is 2.51. The van der Waals surface area contributed by atoms with Gasteiger partial charge in [0, 0.05) is 19.9 Å². The molecule has 0 saturated carbocycles. The average molecular weight is 248 g/mol. The van der Waals surface area contributed by atoms with Gasteiger partial charge < -0.3 is 10.1 Å². The number of nitrogens with one attached hydrogen (secondary N) is 1. The maximum Gasteiger partial charge on any atom is 0.183 e. The molecule has 0 amide bonds. The van der Waals surface area contributed by atoms with Crippen molar-refractivity contribution in [2.24, 2.45) is 0 Å². The Balaban J connectivity index is 2.01. The number of thiazole rings is 1. The molecule has 17 heavy (non-hydrogen) atoms. The van der Waals surface area contributed by atoms with E-state index >= 15 is 0 Å². The van der Waals surface area contributed by atoms with Crippen LogP contribution in [0.5, 0.6) is 0 Å². The van der Waals surface area contributed by atoms with E-state index in [1.165, 1.54) is 10.4 Å².